The van der Waals surface area contributed by atoms with E-state index in [1.165, 1.54) is 32.4 Å². The van der Waals surface area contributed by atoms with Crippen molar-refractivity contribution in [2.45, 2.75) is 46.1 Å². The summed E-state index contributed by atoms with van der Waals surface area (Å²) in [6.07, 6.45) is 4.43. The molecule has 1 saturated carbocycles. The molecule has 1 heteroatoms. The number of rotatable bonds is 2. The molecule has 2 fully saturated rings. The lowest BCUT2D eigenvalue weighted by atomic mass is 9.90. The zero-order chi connectivity index (χ0) is 8.77. The monoisotopic (exact) mass is 167 g/mol. The van der Waals surface area contributed by atoms with Crippen molar-refractivity contribution < 1.29 is 0 Å². The Morgan fingerprint density at radius 1 is 1.33 bits per heavy atom. The van der Waals surface area contributed by atoms with Gasteiger partial charge in [-0.15, -0.1) is 0 Å². The molecule has 0 bridgehead atoms. The molecule has 0 aromatic carbocycles. The van der Waals surface area contributed by atoms with E-state index in [1.807, 2.05) is 0 Å². The smallest absolute Gasteiger partial charge is 0.00387 e. The standard InChI is InChI=1S/C11H21N/c1-9(2)12-7-4-10(8-12)11(3)5-6-11/h9-10H,4-8H2,1-3H3. The zero-order valence-electron chi connectivity index (χ0n) is 8.64. The minimum Gasteiger partial charge on any atom is -0.301 e. The average molecular weight is 167 g/mol. The van der Waals surface area contributed by atoms with E-state index < -0.39 is 0 Å². The lowest BCUT2D eigenvalue weighted by Gasteiger charge is -2.22. The van der Waals surface area contributed by atoms with Crippen LogP contribution in [0.5, 0.6) is 0 Å². The van der Waals surface area contributed by atoms with Gasteiger partial charge in [0.1, 0.15) is 0 Å². The highest BCUT2D eigenvalue weighted by Gasteiger charge is 2.47. The van der Waals surface area contributed by atoms with E-state index in [2.05, 4.69) is 25.7 Å². The summed E-state index contributed by atoms with van der Waals surface area (Å²) in [5, 5.41) is 0. The van der Waals surface area contributed by atoms with Crippen LogP contribution in [0.2, 0.25) is 0 Å². The number of nitrogens with zero attached hydrogens (tertiary/aromatic N) is 1. The Balaban J connectivity index is 1.90. The third-order valence-electron chi connectivity index (χ3n) is 3.97. The first-order valence-electron chi connectivity index (χ1n) is 5.36. The van der Waals surface area contributed by atoms with Crippen LogP contribution in [0.15, 0.2) is 0 Å². The molecule has 0 N–H and O–H groups in total. The summed E-state index contributed by atoms with van der Waals surface area (Å²) in [4.78, 5) is 2.63. The maximum Gasteiger partial charge on any atom is 0.00387 e. The molecule has 0 radical (unpaired) electrons. The minimum atomic E-state index is 0.754. The highest BCUT2D eigenvalue weighted by Crippen LogP contribution is 2.54. The summed E-state index contributed by atoms with van der Waals surface area (Å²) in [5.41, 5.74) is 0.754. The summed E-state index contributed by atoms with van der Waals surface area (Å²) in [6, 6.07) is 0.761. The molecule has 0 aromatic rings. The fraction of sp³-hybridized carbons (Fsp3) is 1.00. The molecular weight excluding hydrogens is 146 g/mol. The molecule has 1 heterocycles. The van der Waals surface area contributed by atoms with Crippen LogP contribution in [-0.4, -0.2) is 24.0 Å². The Labute approximate surface area is 76.1 Å². The average Bonchev–Trinajstić information content (AvgIpc) is 2.61. The second-order valence-corrected chi connectivity index (χ2v) is 5.23. The lowest BCUT2D eigenvalue weighted by Crippen LogP contribution is -2.29. The molecule has 1 aliphatic carbocycles. The van der Waals surface area contributed by atoms with Crippen LogP contribution in [0, 0.1) is 11.3 Å². The summed E-state index contributed by atoms with van der Waals surface area (Å²) < 4.78 is 0. The predicted octanol–water partition coefficient (Wildman–Crippen LogP) is 2.52. The van der Waals surface area contributed by atoms with Crippen molar-refractivity contribution in [2.75, 3.05) is 13.1 Å². The number of hydrogen-bond donors (Lipinski definition) is 0. The maximum absolute atomic E-state index is 2.63. The topological polar surface area (TPSA) is 3.24 Å². The predicted molar refractivity (Wildman–Crippen MR) is 52.2 cm³/mol. The van der Waals surface area contributed by atoms with E-state index in [9.17, 15) is 0 Å². The molecule has 1 atom stereocenters. The quantitative estimate of drug-likeness (QED) is 0.611. The van der Waals surface area contributed by atoms with Gasteiger partial charge >= 0.3 is 0 Å². The number of hydrogen-bond acceptors (Lipinski definition) is 1. The molecule has 70 valence electrons. The van der Waals surface area contributed by atoms with E-state index in [0.717, 1.165) is 17.4 Å². The van der Waals surface area contributed by atoms with E-state index >= 15 is 0 Å². The summed E-state index contributed by atoms with van der Waals surface area (Å²) in [5.74, 6) is 1.01. The van der Waals surface area contributed by atoms with Crippen LogP contribution >= 0.6 is 0 Å². The van der Waals surface area contributed by atoms with Crippen molar-refractivity contribution in [1.29, 1.82) is 0 Å². The molecule has 1 saturated heterocycles. The Kier molecular flexibility index (Phi) is 1.95. The Bertz CT molecular complexity index is 170. The summed E-state index contributed by atoms with van der Waals surface area (Å²) >= 11 is 0. The Morgan fingerprint density at radius 2 is 2.00 bits per heavy atom. The molecule has 12 heavy (non-hydrogen) atoms. The van der Waals surface area contributed by atoms with Crippen molar-refractivity contribution in [2.24, 2.45) is 11.3 Å². The third-order valence-corrected chi connectivity index (χ3v) is 3.97. The van der Waals surface area contributed by atoms with Crippen LogP contribution < -0.4 is 0 Å². The first kappa shape index (κ1) is 8.55. The van der Waals surface area contributed by atoms with Crippen molar-refractivity contribution in [1.82, 2.24) is 4.90 Å². The third kappa shape index (κ3) is 1.39. The molecule has 2 aliphatic rings. The van der Waals surface area contributed by atoms with E-state index in [0.29, 0.717) is 0 Å². The van der Waals surface area contributed by atoms with Gasteiger partial charge in [0, 0.05) is 12.6 Å². The van der Waals surface area contributed by atoms with Gasteiger partial charge in [-0.2, -0.15) is 0 Å². The van der Waals surface area contributed by atoms with Crippen molar-refractivity contribution in [3.8, 4) is 0 Å². The van der Waals surface area contributed by atoms with Crippen molar-refractivity contribution >= 4 is 0 Å². The van der Waals surface area contributed by atoms with Gasteiger partial charge in [0.05, 0.1) is 0 Å². The van der Waals surface area contributed by atoms with Crippen LogP contribution in [0.4, 0.5) is 0 Å². The van der Waals surface area contributed by atoms with Gasteiger partial charge in [-0.1, -0.05) is 6.92 Å². The van der Waals surface area contributed by atoms with Gasteiger partial charge in [0.2, 0.25) is 0 Å². The molecular formula is C11H21N. The molecule has 0 spiro atoms. The minimum absolute atomic E-state index is 0.754. The maximum atomic E-state index is 2.63. The fourth-order valence-corrected chi connectivity index (χ4v) is 2.43. The van der Waals surface area contributed by atoms with Crippen LogP contribution in [0.1, 0.15) is 40.0 Å². The molecule has 0 aromatic heterocycles. The van der Waals surface area contributed by atoms with Gasteiger partial charge < -0.3 is 4.90 Å². The van der Waals surface area contributed by atoms with E-state index in [1.54, 1.807) is 0 Å². The second kappa shape index (κ2) is 2.73. The molecule has 0 amide bonds. The molecule has 1 unspecified atom stereocenters. The first-order chi connectivity index (χ1) is 5.62. The SMILES string of the molecule is CC(C)N1CCC(C2(C)CC2)C1. The fourth-order valence-electron chi connectivity index (χ4n) is 2.43. The van der Waals surface area contributed by atoms with Gasteiger partial charge in [0.25, 0.3) is 0 Å². The lowest BCUT2D eigenvalue weighted by molar-refractivity contribution is 0.244. The van der Waals surface area contributed by atoms with Crippen LogP contribution in [0.3, 0.4) is 0 Å². The Hall–Kier alpha value is -0.0400. The van der Waals surface area contributed by atoms with E-state index in [-0.39, 0.29) is 0 Å². The van der Waals surface area contributed by atoms with Gasteiger partial charge in [-0.3, -0.25) is 0 Å². The normalized spacial score (nSPS) is 34.5. The van der Waals surface area contributed by atoms with Gasteiger partial charge in [-0.25, -0.2) is 0 Å². The van der Waals surface area contributed by atoms with Crippen LogP contribution in [-0.2, 0) is 0 Å². The molecule has 1 aliphatic heterocycles. The van der Waals surface area contributed by atoms with Gasteiger partial charge in [0.15, 0.2) is 0 Å². The Morgan fingerprint density at radius 3 is 2.42 bits per heavy atom. The highest BCUT2D eigenvalue weighted by molar-refractivity contribution is 4.98. The molecule has 1 nitrogen and oxygen atoms in total. The van der Waals surface area contributed by atoms with Crippen LogP contribution in [0.25, 0.3) is 0 Å². The zero-order valence-corrected chi connectivity index (χ0v) is 8.64. The largest absolute Gasteiger partial charge is 0.301 e. The highest BCUT2D eigenvalue weighted by atomic mass is 15.2. The molecule has 2 rings (SSSR count). The van der Waals surface area contributed by atoms with Crippen molar-refractivity contribution in [3.05, 3.63) is 0 Å². The van der Waals surface area contributed by atoms with Gasteiger partial charge in [-0.05, 0) is 51.0 Å². The number of likely N-dealkylation sites (tertiary alicyclic amines) is 1. The second-order valence-electron chi connectivity index (χ2n) is 5.23. The summed E-state index contributed by atoms with van der Waals surface area (Å²) in [7, 11) is 0. The first-order valence-corrected chi connectivity index (χ1v) is 5.36. The van der Waals surface area contributed by atoms with E-state index in [4.69, 9.17) is 0 Å². The summed E-state index contributed by atoms with van der Waals surface area (Å²) in [6.45, 7) is 9.82. The van der Waals surface area contributed by atoms with Crippen molar-refractivity contribution in [3.63, 3.8) is 0 Å².